The van der Waals surface area contributed by atoms with Gasteiger partial charge in [-0.3, -0.25) is 4.79 Å². The lowest BCUT2D eigenvalue weighted by molar-refractivity contribution is 0.0995. The molecule has 3 aromatic rings. The van der Waals surface area contributed by atoms with Gasteiger partial charge in [-0.05, 0) is 77.1 Å². The van der Waals surface area contributed by atoms with Gasteiger partial charge in [0.25, 0.3) is 5.91 Å². The Balaban J connectivity index is 1.35. The molecule has 1 aliphatic carbocycles. The Hall–Kier alpha value is -3.21. The third kappa shape index (κ3) is 4.01. The summed E-state index contributed by atoms with van der Waals surface area (Å²) in [6.07, 6.45) is 3.04. The predicted molar refractivity (Wildman–Crippen MR) is 128 cm³/mol. The number of benzene rings is 2. The van der Waals surface area contributed by atoms with E-state index in [4.69, 9.17) is 13.9 Å². The highest BCUT2D eigenvalue weighted by molar-refractivity contribution is 6.02. The lowest BCUT2D eigenvalue weighted by Crippen LogP contribution is -2.34. The van der Waals surface area contributed by atoms with E-state index in [0.717, 1.165) is 5.76 Å². The standard InChI is InChI=1S/C28H31NO4/c1-17-12-21-22(28(4,5)11-10-27(21,2)3)14-18(17)13-20-7-9-24(33-20)26(30)29-19-6-8-23-25(15-19)32-16-31-23/h6-9,12,14-15H,10-11,13,16H2,1-5H3,(H,29,30). The first kappa shape index (κ1) is 21.6. The molecule has 5 heteroatoms. The van der Waals surface area contributed by atoms with Crippen molar-refractivity contribution < 1.29 is 18.7 Å². The zero-order valence-corrected chi connectivity index (χ0v) is 20.0. The summed E-state index contributed by atoms with van der Waals surface area (Å²) in [6, 6.07) is 13.7. The number of anilines is 1. The number of carbonyl (C=O) groups excluding carboxylic acids is 1. The number of amides is 1. The van der Waals surface area contributed by atoms with Gasteiger partial charge in [0.1, 0.15) is 5.76 Å². The van der Waals surface area contributed by atoms with Crippen LogP contribution >= 0.6 is 0 Å². The lowest BCUT2D eigenvalue weighted by Gasteiger charge is -2.42. The number of nitrogens with one attached hydrogen (secondary N) is 1. The molecule has 0 saturated heterocycles. The van der Waals surface area contributed by atoms with Gasteiger partial charge in [-0.15, -0.1) is 0 Å². The number of rotatable bonds is 4. The molecule has 5 rings (SSSR count). The van der Waals surface area contributed by atoms with Gasteiger partial charge in [0, 0.05) is 18.2 Å². The Bertz CT molecular complexity index is 1230. The summed E-state index contributed by atoms with van der Waals surface area (Å²) in [5, 5.41) is 2.87. The van der Waals surface area contributed by atoms with E-state index in [1.807, 2.05) is 6.07 Å². The van der Waals surface area contributed by atoms with Crippen LogP contribution < -0.4 is 14.8 Å². The molecule has 2 aromatic carbocycles. The van der Waals surface area contributed by atoms with Crippen LogP contribution in [0.4, 0.5) is 5.69 Å². The first-order valence-electron chi connectivity index (χ1n) is 11.6. The predicted octanol–water partition coefficient (Wildman–Crippen LogP) is 6.51. The maximum Gasteiger partial charge on any atom is 0.291 e. The molecular formula is C28H31NO4. The number of fused-ring (bicyclic) bond motifs is 2. The summed E-state index contributed by atoms with van der Waals surface area (Å²) in [5.74, 6) is 2.09. The first-order valence-corrected chi connectivity index (χ1v) is 11.6. The fraction of sp³-hybridized carbons (Fsp3) is 0.393. The van der Waals surface area contributed by atoms with Gasteiger partial charge in [0.05, 0.1) is 0 Å². The number of ether oxygens (including phenoxy) is 2. The van der Waals surface area contributed by atoms with E-state index in [1.54, 1.807) is 24.3 Å². The van der Waals surface area contributed by atoms with Gasteiger partial charge in [0.2, 0.25) is 6.79 Å². The zero-order chi connectivity index (χ0) is 23.4. The van der Waals surface area contributed by atoms with Crippen LogP contribution in [0.1, 0.15) is 79.1 Å². The van der Waals surface area contributed by atoms with Gasteiger partial charge in [-0.2, -0.15) is 0 Å². The van der Waals surface area contributed by atoms with Crippen LogP contribution in [0, 0.1) is 6.92 Å². The van der Waals surface area contributed by atoms with Crippen LogP contribution in [0.25, 0.3) is 0 Å². The van der Waals surface area contributed by atoms with Crippen molar-refractivity contribution in [3.8, 4) is 11.5 Å². The Kier molecular flexibility index (Phi) is 5.04. The molecule has 0 unspecified atom stereocenters. The Labute approximate surface area is 195 Å². The fourth-order valence-electron chi connectivity index (χ4n) is 4.91. The maximum absolute atomic E-state index is 12.7. The van der Waals surface area contributed by atoms with E-state index in [-0.39, 0.29) is 23.5 Å². The Morgan fingerprint density at radius 3 is 2.36 bits per heavy atom. The molecule has 0 atom stereocenters. The van der Waals surface area contributed by atoms with Crippen molar-refractivity contribution in [3.05, 3.63) is 76.2 Å². The van der Waals surface area contributed by atoms with Gasteiger partial charge >= 0.3 is 0 Å². The number of hydrogen-bond donors (Lipinski definition) is 1. The van der Waals surface area contributed by atoms with Crippen molar-refractivity contribution >= 4 is 11.6 Å². The fourth-order valence-corrected chi connectivity index (χ4v) is 4.91. The molecule has 33 heavy (non-hydrogen) atoms. The molecular weight excluding hydrogens is 414 g/mol. The molecule has 172 valence electrons. The molecule has 0 saturated carbocycles. The summed E-state index contributed by atoms with van der Waals surface area (Å²) < 4.78 is 16.6. The van der Waals surface area contributed by atoms with E-state index >= 15 is 0 Å². The van der Waals surface area contributed by atoms with E-state index in [2.05, 4.69) is 52.1 Å². The summed E-state index contributed by atoms with van der Waals surface area (Å²) in [7, 11) is 0. The van der Waals surface area contributed by atoms with Crippen LogP contribution in [0.2, 0.25) is 0 Å². The highest BCUT2D eigenvalue weighted by atomic mass is 16.7. The average Bonchev–Trinajstić information content (AvgIpc) is 3.42. The van der Waals surface area contributed by atoms with Crippen molar-refractivity contribution in [1.29, 1.82) is 0 Å². The quantitative estimate of drug-likeness (QED) is 0.497. The molecule has 1 N–H and O–H groups in total. The largest absolute Gasteiger partial charge is 0.456 e. The van der Waals surface area contributed by atoms with Gasteiger partial charge in [-0.1, -0.05) is 39.8 Å². The van der Waals surface area contributed by atoms with E-state index in [0.29, 0.717) is 29.4 Å². The number of hydrogen-bond acceptors (Lipinski definition) is 4. The van der Waals surface area contributed by atoms with Crippen LogP contribution in [-0.4, -0.2) is 12.7 Å². The minimum atomic E-state index is -0.287. The molecule has 1 amide bonds. The van der Waals surface area contributed by atoms with Crippen molar-refractivity contribution in [1.82, 2.24) is 0 Å². The number of carbonyl (C=O) groups is 1. The van der Waals surface area contributed by atoms with E-state index in [9.17, 15) is 4.79 Å². The Morgan fingerprint density at radius 1 is 0.909 bits per heavy atom. The average molecular weight is 446 g/mol. The third-order valence-electron chi connectivity index (χ3n) is 7.19. The van der Waals surface area contributed by atoms with Crippen molar-refractivity contribution in [2.75, 3.05) is 12.1 Å². The maximum atomic E-state index is 12.7. The van der Waals surface area contributed by atoms with Crippen LogP contribution in [0.5, 0.6) is 11.5 Å². The van der Waals surface area contributed by atoms with Crippen LogP contribution in [-0.2, 0) is 17.3 Å². The van der Waals surface area contributed by atoms with E-state index in [1.165, 1.54) is 35.1 Å². The SMILES string of the molecule is Cc1cc2c(cc1Cc1ccc(C(=O)Nc3ccc4c(c3)OCO4)o1)C(C)(C)CCC2(C)C. The lowest BCUT2D eigenvalue weighted by atomic mass is 9.62. The van der Waals surface area contributed by atoms with Crippen molar-refractivity contribution in [2.24, 2.45) is 0 Å². The molecule has 2 aliphatic rings. The highest BCUT2D eigenvalue weighted by Crippen LogP contribution is 2.46. The topological polar surface area (TPSA) is 60.7 Å². The number of aryl methyl sites for hydroxylation is 1. The normalized spacial score (nSPS) is 17.5. The summed E-state index contributed by atoms with van der Waals surface area (Å²) in [5.41, 5.74) is 6.40. The van der Waals surface area contributed by atoms with Gasteiger partial charge in [0.15, 0.2) is 17.3 Å². The molecule has 0 fully saturated rings. The molecule has 1 aliphatic heterocycles. The second kappa shape index (κ2) is 7.68. The molecule has 0 spiro atoms. The number of furan rings is 1. The molecule has 0 radical (unpaired) electrons. The van der Waals surface area contributed by atoms with Crippen molar-refractivity contribution in [2.45, 2.75) is 64.7 Å². The summed E-state index contributed by atoms with van der Waals surface area (Å²) >= 11 is 0. The minimum absolute atomic E-state index is 0.159. The van der Waals surface area contributed by atoms with Crippen LogP contribution in [0.3, 0.4) is 0 Å². The third-order valence-corrected chi connectivity index (χ3v) is 7.19. The second-order valence-electron chi connectivity index (χ2n) is 10.6. The Morgan fingerprint density at radius 2 is 1.61 bits per heavy atom. The second-order valence-corrected chi connectivity index (χ2v) is 10.6. The molecule has 1 aromatic heterocycles. The smallest absolute Gasteiger partial charge is 0.291 e. The monoisotopic (exact) mass is 445 g/mol. The molecule has 5 nitrogen and oxygen atoms in total. The zero-order valence-electron chi connectivity index (χ0n) is 20.0. The van der Waals surface area contributed by atoms with Gasteiger partial charge in [-0.25, -0.2) is 0 Å². The van der Waals surface area contributed by atoms with Gasteiger partial charge < -0.3 is 19.2 Å². The highest BCUT2D eigenvalue weighted by Gasteiger charge is 2.37. The molecule has 0 bridgehead atoms. The van der Waals surface area contributed by atoms with E-state index < -0.39 is 0 Å². The first-order chi connectivity index (χ1) is 15.6. The van der Waals surface area contributed by atoms with Crippen molar-refractivity contribution in [3.63, 3.8) is 0 Å². The summed E-state index contributed by atoms with van der Waals surface area (Å²) in [6.45, 7) is 11.7. The molecule has 2 heterocycles. The summed E-state index contributed by atoms with van der Waals surface area (Å²) in [4.78, 5) is 12.7. The van der Waals surface area contributed by atoms with Crippen LogP contribution in [0.15, 0.2) is 46.9 Å². The minimum Gasteiger partial charge on any atom is -0.456 e.